The molecule has 3 aliphatic rings. The van der Waals surface area contributed by atoms with Crippen LogP contribution in [0.5, 0.6) is 0 Å². The summed E-state index contributed by atoms with van der Waals surface area (Å²) in [4.78, 5) is 2.79. The second kappa shape index (κ2) is 2.73. The first-order valence-corrected chi connectivity index (χ1v) is 6.02. The summed E-state index contributed by atoms with van der Waals surface area (Å²) >= 11 is 0. The number of rotatable bonds is 1. The molecule has 3 rings (SSSR count). The first-order chi connectivity index (χ1) is 6.27. The van der Waals surface area contributed by atoms with E-state index >= 15 is 0 Å². The van der Waals surface area contributed by atoms with Crippen LogP contribution in [0.15, 0.2) is 0 Å². The van der Waals surface area contributed by atoms with E-state index in [-0.39, 0.29) is 0 Å². The number of hydrogen-bond acceptors (Lipinski definition) is 1. The lowest BCUT2D eigenvalue weighted by molar-refractivity contribution is -0.0196. The van der Waals surface area contributed by atoms with Gasteiger partial charge in [0.1, 0.15) is 0 Å². The average Bonchev–Trinajstić information content (AvgIpc) is 2.84. The Morgan fingerprint density at radius 3 is 2.62 bits per heavy atom. The smallest absolute Gasteiger partial charge is 0.00966 e. The molecule has 1 aliphatic heterocycles. The van der Waals surface area contributed by atoms with Gasteiger partial charge in [0.05, 0.1) is 0 Å². The van der Waals surface area contributed by atoms with Crippen LogP contribution in [0.1, 0.15) is 45.4 Å². The van der Waals surface area contributed by atoms with Crippen LogP contribution < -0.4 is 0 Å². The summed E-state index contributed by atoms with van der Waals surface area (Å²) < 4.78 is 0. The maximum atomic E-state index is 2.79. The lowest BCUT2D eigenvalue weighted by Gasteiger charge is -2.52. The van der Waals surface area contributed by atoms with Gasteiger partial charge in [-0.15, -0.1) is 0 Å². The zero-order valence-electron chi connectivity index (χ0n) is 8.76. The minimum atomic E-state index is 0.792. The van der Waals surface area contributed by atoms with Gasteiger partial charge in [0.25, 0.3) is 0 Å². The van der Waals surface area contributed by atoms with Gasteiger partial charge in [-0.2, -0.15) is 0 Å². The molecule has 3 fully saturated rings. The maximum absolute atomic E-state index is 2.79. The third kappa shape index (κ3) is 1.41. The molecule has 0 radical (unpaired) electrons. The third-order valence-electron chi connectivity index (χ3n) is 4.32. The van der Waals surface area contributed by atoms with Crippen molar-refractivity contribution in [3.63, 3.8) is 0 Å². The number of likely N-dealkylation sites (tertiary alicyclic amines) is 1. The molecule has 0 aromatic carbocycles. The summed E-state index contributed by atoms with van der Waals surface area (Å²) in [5.74, 6) is 1.03. The second-order valence-corrected chi connectivity index (χ2v) is 5.82. The number of nitrogens with zero attached hydrogens (tertiary/aromatic N) is 1. The molecule has 0 amide bonds. The number of hydrogen-bond donors (Lipinski definition) is 0. The highest BCUT2D eigenvalue weighted by Crippen LogP contribution is 2.52. The Morgan fingerprint density at radius 1 is 1.23 bits per heavy atom. The monoisotopic (exact) mass is 179 g/mol. The molecule has 2 saturated carbocycles. The van der Waals surface area contributed by atoms with E-state index in [2.05, 4.69) is 11.8 Å². The van der Waals surface area contributed by atoms with E-state index in [0.29, 0.717) is 0 Å². The van der Waals surface area contributed by atoms with Crippen molar-refractivity contribution in [2.75, 3.05) is 13.1 Å². The van der Waals surface area contributed by atoms with Crippen molar-refractivity contribution in [3.8, 4) is 0 Å². The van der Waals surface area contributed by atoms with Gasteiger partial charge in [0.15, 0.2) is 0 Å². The molecule has 1 saturated heterocycles. The van der Waals surface area contributed by atoms with Crippen molar-refractivity contribution in [1.82, 2.24) is 4.90 Å². The highest BCUT2D eigenvalue weighted by atomic mass is 15.2. The Bertz CT molecular complexity index is 196. The molecular formula is C12H21N. The molecule has 0 bridgehead atoms. The molecule has 0 aromatic heterocycles. The standard InChI is InChI=1S/C12H21N/c1-10-7-12(8-10)5-2-6-13(9-12)11-3-4-11/h10-11H,2-9H2,1H3. The summed E-state index contributed by atoms with van der Waals surface area (Å²) in [5, 5.41) is 0. The van der Waals surface area contributed by atoms with E-state index in [0.717, 1.165) is 17.4 Å². The maximum Gasteiger partial charge on any atom is 0.00966 e. The molecule has 13 heavy (non-hydrogen) atoms. The van der Waals surface area contributed by atoms with Gasteiger partial charge in [0, 0.05) is 12.6 Å². The van der Waals surface area contributed by atoms with Gasteiger partial charge in [-0.1, -0.05) is 6.92 Å². The van der Waals surface area contributed by atoms with Crippen molar-refractivity contribution in [2.45, 2.75) is 51.5 Å². The van der Waals surface area contributed by atoms with E-state index in [4.69, 9.17) is 0 Å². The minimum Gasteiger partial charge on any atom is -0.300 e. The molecule has 1 nitrogen and oxygen atoms in total. The topological polar surface area (TPSA) is 3.24 Å². The molecule has 0 atom stereocenters. The Labute approximate surface area is 81.5 Å². The summed E-state index contributed by atoms with van der Waals surface area (Å²) in [6.07, 6.45) is 9.04. The molecule has 0 unspecified atom stereocenters. The van der Waals surface area contributed by atoms with E-state index < -0.39 is 0 Å². The molecule has 0 N–H and O–H groups in total. The molecule has 74 valence electrons. The van der Waals surface area contributed by atoms with Crippen LogP contribution in [0, 0.1) is 11.3 Å². The fourth-order valence-corrected chi connectivity index (χ4v) is 3.75. The van der Waals surface area contributed by atoms with Crippen LogP contribution in [0.3, 0.4) is 0 Å². The van der Waals surface area contributed by atoms with Gasteiger partial charge < -0.3 is 0 Å². The van der Waals surface area contributed by atoms with Crippen LogP contribution >= 0.6 is 0 Å². The Hall–Kier alpha value is -0.0400. The van der Waals surface area contributed by atoms with Crippen molar-refractivity contribution in [2.24, 2.45) is 11.3 Å². The van der Waals surface area contributed by atoms with Crippen molar-refractivity contribution >= 4 is 0 Å². The van der Waals surface area contributed by atoms with Gasteiger partial charge in [-0.3, -0.25) is 4.90 Å². The summed E-state index contributed by atoms with van der Waals surface area (Å²) in [7, 11) is 0. The Morgan fingerprint density at radius 2 is 2.00 bits per heavy atom. The minimum absolute atomic E-state index is 0.792. The fourth-order valence-electron chi connectivity index (χ4n) is 3.75. The molecular weight excluding hydrogens is 158 g/mol. The largest absolute Gasteiger partial charge is 0.300 e. The van der Waals surface area contributed by atoms with Crippen molar-refractivity contribution in [1.29, 1.82) is 0 Å². The fraction of sp³-hybridized carbons (Fsp3) is 1.00. The SMILES string of the molecule is CC1CC2(CCCN(C3CC3)C2)C1. The molecule has 1 spiro atoms. The second-order valence-electron chi connectivity index (χ2n) is 5.82. The Kier molecular flexibility index (Phi) is 1.74. The first-order valence-electron chi connectivity index (χ1n) is 6.02. The van der Waals surface area contributed by atoms with E-state index in [9.17, 15) is 0 Å². The van der Waals surface area contributed by atoms with Crippen molar-refractivity contribution in [3.05, 3.63) is 0 Å². The van der Waals surface area contributed by atoms with Crippen LogP contribution in [0.4, 0.5) is 0 Å². The van der Waals surface area contributed by atoms with E-state index in [1.54, 1.807) is 0 Å². The summed E-state index contributed by atoms with van der Waals surface area (Å²) in [5.41, 5.74) is 0.792. The predicted molar refractivity (Wildman–Crippen MR) is 54.7 cm³/mol. The third-order valence-corrected chi connectivity index (χ3v) is 4.32. The van der Waals surface area contributed by atoms with E-state index in [1.165, 1.54) is 51.6 Å². The molecule has 1 heterocycles. The number of piperidine rings is 1. The lowest BCUT2D eigenvalue weighted by atomic mass is 9.59. The van der Waals surface area contributed by atoms with Crippen LogP contribution in [0.2, 0.25) is 0 Å². The van der Waals surface area contributed by atoms with Crippen molar-refractivity contribution < 1.29 is 0 Å². The molecule has 1 heteroatoms. The van der Waals surface area contributed by atoms with E-state index in [1.807, 2.05) is 0 Å². The predicted octanol–water partition coefficient (Wildman–Crippen LogP) is 2.66. The van der Waals surface area contributed by atoms with Crippen LogP contribution in [-0.4, -0.2) is 24.0 Å². The highest BCUT2D eigenvalue weighted by Gasteiger charge is 2.46. The quantitative estimate of drug-likeness (QED) is 0.598. The lowest BCUT2D eigenvalue weighted by Crippen LogP contribution is -2.50. The van der Waals surface area contributed by atoms with Crippen LogP contribution in [-0.2, 0) is 0 Å². The normalized spacial score (nSPS) is 46.4. The van der Waals surface area contributed by atoms with Gasteiger partial charge in [-0.25, -0.2) is 0 Å². The molecule has 0 aromatic rings. The van der Waals surface area contributed by atoms with Gasteiger partial charge in [-0.05, 0) is 56.4 Å². The zero-order chi connectivity index (χ0) is 8.89. The molecule has 2 aliphatic carbocycles. The van der Waals surface area contributed by atoms with Crippen LogP contribution in [0.25, 0.3) is 0 Å². The zero-order valence-corrected chi connectivity index (χ0v) is 8.76. The summed E-state index contributed by atoms with van der Waals surface area (Å²) in [6, 6.07) is 1.01. The average molecular weight is 179 g/mol. The van der Waals surface area contributed by atoms with Gasteiger partial charge in [0.2, 0.25) is 0 Å². The van der Waals surface area contributed by atoms with Gasteiger partial charge >= 0.3 is 0 Å². The summed E-state index contributed by atoms with van der Waals surface area (Å²) in [6.45, 7) is 5.27. The highest BCUT2D eigenvalue weighted by molar-refractivity contribution is 4.99. The first kappa shape index (κ1) is 8.28. The Balaban J connectivity index is 1.63.